The SMILES string of the molecule is C1CN(Cc2noc(C3CC3)n2)CC(C2CC2)O1. The number of rotatable bonds is 4. The number of ether oxygens (including phenoxy) is 1. The van der Waals surface area contributed by atoms with Gasteiger partial charge in [-0.2, -0.15) is 4.98 Å². The molecule has 0 amide bonds. The van der Waals surface area contributed by atoms with Crippen LogP contribution in [-0.4, -0.2) is 40.8 Å². The van der Waals surface area contributed by atoms with Crippen molar-refractivity contribution in [3.8, 4) is 0 Å². The van der Waals surface area contributed by atoms with E-state index in [4.69, 9.17) is 9.26 Å². The Labute approximate surface area is 106 Å². The van der Waals surface area contributed by atoms with Crippen LogP contribution in [0.4, 0.5) is 0 Å². The van der Waals surface area contributed by atoms with E-state index in [-0.39, 0.29) is 0 Å². The van der Waals surface area contributed by atoms with E-state index < -0.39 is 0 Å². The van der Waals surface area contributed by atoms with Crippen molar-refractivity contribution in [1.29, 1.82) is 0 Å². The zero-order valence-electron chi connectivity index (χ0n) is 10.5. The molecule has 0 bridgehead atoms. The van der Waals surface area contributed by atoms with E-state index >= 15 is 0 Å². The summed E-state index contributed by atoms with van der Waals surface area (Å²) in [6, 6.07) is 0. The van der Waals surface area contributed by atoms with Crippen LogP contribution in [-0.2, 0) is 11.3 Å². The van der Waals surface area contributed by atoms with Crippen LogP contribution in [0.2, 0.25) is 0 Å². The Morgan fingerprint density at radius 1 is 1.22 bits per heavy atom. The molecular formula is C13H19N3O2. The Hall–Kier alpha value is -0.940. The quantitative estimate of drug-likeness (QED) is 0.810. The third kappa shape index (κ3) is 2.29. The van der Waals surface area contributed by atoms with Gasteiger partial charge in [-0.1, -0.05) is 5.16 Å². The molecule has 3 aliphatic rings. The van der Waals surface area contributed by atoms with Crippen LogP contribution in [0.15, 0.2) is 4.52 Å². The molecule has 1 saturated heterocycles. The van der Waals surface area contributed by atoms with Gasteiger partial charge in [-0.25, -0.2) is 0 Å². The first-order valence-corrected chi connectivity index (χ1v) is 7.05. The highest BCUT2D eigenvalue weighted by molar-refractivity contribution is 5.01. The number of morpholine rings is 1. The normalized spacial score (nSPS) is 29.7. The molecule has 18 heavy (non-hydrogen) atoms. The lowest BCUT2D eigenvalue weighted by atomic mass is 10.2. The summed E-state index contributed by atoms with van der Waals surface area (Å²) in [4.78, 5) is 6.89. The molecule has 0 aromatic carbocycles. The van der Waals surface area contributed by atoms with Gasteiger partial charge < -0.3 is 9.26 Å². The van der Waals surface area contributed by atoms with Crippen LogP contribution in [0.5, 0.6) is 0 Å². The van der Waals surface area contributed by atoms with Crippen molar-refractivity contribution in [1.82, 2.24) is 15.0 Å². The van der Waals surface area contributed by atoms with E-state index in [0.717, 1.165) is 43.9 Å². The Morgan fingerprint density at radius 3 is 2.89 bits per heavy atom. The van der Waals surface area contributed by atoms with Gasteiger partial charge in [-0.15, -0.1) is 0 Å². The summed E-state index contributed by atoms with van der Waals surface area (Å²) >= 11 is 0. The molecule has 2 saturated carbocycles. The van der Waals surface area contributed by atoms with Gasteiger partial charge in [0.15, 0.2) is 5.82 Å². The molecule has 98 valence electrons. The average molecular weight is 249 g/mol. The van der Waals surface area contributed by atoms with Crippen molar-refractivity contribution in [2.24, 2.45) is 5.92 Å². The minimum absolute atomic E-state index is 0.438. The fourth-order valence-electron chi connectivity index (χ4n) is 2.66. The van der Waals surface area contributed by atoms with E-state index in [1.165, 1.54) is 25.7 Å². The maximum atomic E-state index is 5.82. The molecule has 5 nitrogen and oxygen atoms in total. The molecule has 0 radical (unpaired) electrons. The van der Waals surface area contributed by atoms with Crippen LogP contribution in [0.25, 0.3) is 0 Å². The van der Waals surface area contributed by atoms with Crippen LogP contribution in [0.3, 0.4) is 0 Å². The zero-order chi connectivity index (χ0) is 11.9. The number of hydrogen-bond acceptors (Lipinski definition) is 5. The van der Waals surface area contributed by atoms with Crippen molar-refractivity contribution in [2.45, 2.75) is 44.2 Å². The van der Waals surface area contributed by atoms with Crippen LogP contribution < -0.4 is 0 Å². The van der Waals surface area contributed by atoms with Gasteiger partial charge in [-0.05, 0) is 31.6 Å². The van der Waals surface area contributed by atoms with Gasteiger partial charge in [0.2, 0.25) is 5.89 Å². The van der Waals surface area contributed by atoms with Crippen LogP contribution in [0, 0.1) is 5.92 Å². The molecule has 3 fully saturated rings. The van der Waals surface area contributed by atoms with E-state index in [2.05, 4.69) is 15.0 Å². The van der Waals surface area contributed by atoms with Crippen molar-refractivity contribution in [2.75, 3.05) is 19.7 Å². The van der Waals surface area contributed by atoms with Gasteiger partial charge in [0.05, 0.1) is 19.3 Å². The maximum Gasteiger partial charge on any atom is 0.229 e. The molecule has 0 spiro atoms. The Balaban J connectivity index is 1.37. The Kier molecular flexibility index (Phi) is 2.62. The first kappa shape index (κ1) is 10.9. The molecular weight excluding hydrogens is 230 g/mol. The topological polar surface area (TPSA) is 51.4 Å². The minimum Gasteiger partial charge on any atom is -0.375 e. The van der Waals surface area contributed by atoms with E-state index in [1.54, 1.807) is 0 Å². The van der Waals surface area contributed by atoms with E-state index in [1.807, 2.05) is 0 Å². The highest BCUT2D eigenvalue weighted by Crippen LogP contribution is 2.39. The summed E-state index contributed by atoms with van der Waals surface area (Å²) in [5, 5.41) is 4.09. The predicted octanol–water partition coefficient (Wildman–Crippen LogP) is 1.56. The third-order valence-electron chi connectivity index (χ3n) is 4.10. The molecule has 1 unspecified atom stereocenters. The van der Waals surface area contributed by atoms with Gasteiger partial charge in [-0.3, -0.25) is 4.90 Å². The minimum atomic E-state index is 0.438. The molecule has 2 aliphatic carbocycles. The fraction of sp³-hybridized carbons (Fsp3) is 0.846. The van der Waals surface area contributed by atoms with Crippen molar-refractivity contribution in [3.63, 3.8) is 0 Å². The molecule has 5 heteroatoms. The molecule has 1 atom stereocenters. The monoisotopic (exact) mass is 249 g/mol. The molecule has 1 aromatic rings. The zero-order valence-corrected chi connectivity index (χ0v) is 10.5. The lowest BCUT2D eigenvalue weighted by Crippen LogP contribution is -2.43. The average Bonchev–Trinajstić information content (AvgIpc) is 3.29. The van der Waals surface area contributed by atoms with Gasteiger partial charge >= 0.3 is 0 Å². The molecule has 1 aliphatic heterocycles. The summed E-state index contributed by atoms with van der Waals surface area (Å²) < 4.78 is 11.1. The van der Waals surface area contributed by atoms with E-state index in [9.17, 15) is 0 Å². The van der Waals surface area contributed by atoms with Gasteiger partial charge in [0, 0.05) is 19.0 Å². The van der Waals surface area contributed by atoms with Crippen molar-refractivity contribution in [3.05, 3.63) is 11.7 Å². The smallest absolute Gasteiger partial charge is 0.229 e. The summed E-state index contributed by atoms with van der Waals surface area (Å²) in [5.41, 5.74) is 0. The van der Waals surface area contributed by atoms with Crippen LogP contribution in [0.1, 0.15) is 43.3 Å². The number of nitrogens with zero attached hydrogens (tertiary/aromatic N) is 3. The largest absolute Gasteiger partial charge is 0.375 e. The van der Waals surface area contributed by atoms with Gasteiger partial charge in [0.1, 0.15) is 0 Å². The highest BCUT2D eigenvalue weighted by Gasteiger charge is 2.35. The molecule has 2 heterocycles. The van der Waals surface area contributed by atoms with Crippen LogP contribution >= 0.6 is 0 Å². The molecule has 0 N–H and O–H groups in total. The summed E-state index contributed by atoms with van der Waals surface area (Å²) in [5.74, 6) is 3.04. The third-order valence-corrected chi connectivity index (χ3v) is 4.10. The molecule has 4 rings (SSSR count). The number of hydrogen-bond donors (Lipinski definition) is 0. The second-order valence-electron chi connectivity index (χ2n) is 5.80. The Morgan fingerprint density at radius 2 is 2.11 bits per heavy atom. The predicted molar refractivity (Wildman–Crippen MR) is 64.0 cm³/mol. The standard InChI is InChI=1S/C13H19N3O2/c1-2-9(1)11-7-16(5-6-17-11)8-12-14-13(18-15-12)10-3-4-10/h9-11H,1-8H2. The summed E-state index contributed by atoms with van der Waals surface area (Å²) in [6.07, 6.45) is 5.54. The molecule has 1 aromatic heterocycles. The number of aromatic nitrogens is 2. The lowest BCUT2D eigenvalue weighted by Gasteiger charge is -2.32. The summed E-state index contributed by atoms with van der Waals surface area (Å²) in [7, 11) is 0. The Bertz CT molecular complexity index is 426. The van der Waals surface area contributed by atoms with Crippen molar-refractivity contribution < 1.29 is 9.26 Å². The lowest BCUT2D eigenvalue weighted by molar-refractivity contribution is -0.0426. The van der Waals surface area contributed by atoms with Crippen molar-refractivity contribution >= 4 is 0 Å². The van der Waals surface area contributed by atoms with Gasteiger partial charge in [0.25, 0.3) is 0 Å². The first-order chi connectivity index (χ1) is 8.88. The maximum absolute atomic E-state index is 5.82. The first-order valence-electron chi connectivity index (χ1n) is 7.05. The van der Waals surface area contributed by atoms with E-state index in [0.29, 0.717) is 12.0 Å². The second-order valence-corrected chi connectivity index (χ2v) is 5.80. The second kappa shape index (κ2) is 4.31. The fourth-order valence-corrected chi connectivity index (χ4v) is 2.66. The highest BCUT2D eigenvalue weighted by atomic mass is 16.5. The summed E-state index contributed by atoms with van der Waals surface area (Å²) in [6.45, 7) is 3.66.